The zero-order valence-electron chi connectivity index (χ0n) is 16.9. The monoisotopic (exact) mass is 400 g/mol. The van der Waals surface area contributed by atoms with Crippen LogP contribution in [0.2, 0.25) is 0 Å². The van der Waals surface area contributed by atoms with Gasteiger partial charge in [-0.1, -0.05) is 0 Å². The van der Waals surface area contributed by atoms with Gasteiger partial charge < -0.3 is 0 Å². The second-order valence-electron chi connectivity index (χ2n) is 10.1. The van der Waals surface area contributed by atoms with Gasteiger partial charge in [0, 0.05) is 0 Å². The van der Waals surface area contributed by atoms with E-state index in [2.05, 4.69) is 85.2 Å². The molecule has 0 fully saturated rings. The van der Waals surface area contributed by atoms with Gasteiger partial charge in [0.15, 0.2) is 0 Å². The first-order valence-electron chi connectivity index (χ1n) is 8.55. The first-order chi connectivity index (χ1) is 9.58. The Hall–Kier alpha value is 1.71. The third-order valence-electron chi connectivity index (χ3n) is 6.33. The van der Waals surface area contributed by atoms with Gasteiger partial charge in [-0.15, -0.1) is 0 Å². The van der Waals surface area contributed by atoms with Crippen LogP contribution < -0.4 is 0 Å². The van der Waals surface area contributed by atoms with Crippen molar-refractivity contribution in [1.82, 2.24) is 0 Å². The topological polar surface area (TPSA) is 0 Å². The molecule has 1 heterocycles. The van der Waals surface area contributed by atoms with Crippen molar-refractivity contribution in [3.05, 3.63) is 0 Å². The zero-order chi connectivity index (χ0) is 17.6. The van der Waals surface area contributed by atoms with E-state index in [1.165, 1.54) is 12.1 Å². The molecule has 0 saturated heterocycles. The Morgan fingerprint density at radius 2 is 1.55 bits per heavy atom. The Labute approximate surface area is 144 Å². The van der Waals surface area contributed by atoms with E-state index in [9.17, 15) is 0 Å². The van der Waals surface area contributed by atoms with E-state index in [1.807, 2.05) is 0 Å². The van der Waals surface area contributed by atoms with Crippen molar-refractivity contribution in [1.29, 1.82) is 0 Å². The minimum absolute atomic E-state index is 0.0747. The first-order valence-corrected chi connectivity index (χ1v) is 24.2. The van der Waals surface area contributed by atoms with Gasteiger partial charge in [0.1, 0.15) is 0 Å². The number of hydrogen-bond donors (Lipinski definition) is 0. The molecular formula is C17H41P5. The Balaban J connectivity index is 3.50. The summed E-state index contributed by atoms with van der Waals surface area (Å²) >= 11 is 0. The zero-order valence-corrected chi connectivity index (χ0v) is 21.6. The standard InChI is InChI=1S/C17H41P5/c1-16(2)17-14-20(5,6)21(7,8)19(4)15-18(3)12-13-22(17,9,10)11/h16-17,20-21H,14-15H2,1-11H3. The fourth-order valence-electron chi connectivity index (χ4n) is 3.77. The summed E-state index contributed by atoms with van der Waals surface area (Å²) in [5, 5.41) is 0. The predicted octanol–water partition coefficient (Wildman–Crippen LogP) is 6.42. The van der Waals surface area contributed by atoms with Crippen molar-refractivity contribution >= 4 is 35.7 Å². The van der Waals surface area contributed by atoms with Crippen LogP contribution in [-0.4, -0.2) is 77.7 Å². The molecular weight excluding hydrogens is 359 g/mol. The third kappa shape index (κ3) is 4.66. The van der Waals surface area contributed by atoms with Crippen LogP contribution in [0, 0.1) is 17.2 Å². The summed E-state index contributed by atoms with van der Waals surface area (Å²) in [5.41, 5.74) is 8.56. The van der Waals surface area contributed by atoms with Crippen LogP contribution in [0.5, 0.6) is 0 Å². The summed E-state index contributed by atoms with van der Waals surface area (Å²) in [7, 11) is 0.146. The summed E-state index contributed by atoms with van der Waals surface area (Å²) in [5.74, 6) is 2.22. The molecule has 0 nitrogen and oxygen atoms in total. The van der Waals surface area contributed by atoms with Crippen molar-refractivity contribution in [3.63, 3.8) is 0 Å². The molecule has 0 aromatic heterocycles. The van der Waals surface area contributed by atoms with Crippen molar-refractivity contribution in [2.24, 2.45) is 5.92 Å². The molecule has 134 valence electrons. The van der Waals surface area contributed by atoms with Gasteiger partial charge >= 0.3 is 145 Å². The summed E-state index contributed by atoms with van der Waals surface area (Å²) < 4.78 is 0. The average molecular weight is 400 g/mol. The van der Waals surface area contributed by atoms with Gasteiger partial charge in [0.2, 0.25) is 0 Å². The predicted molar refractivity (Wildman–Crippen MR) is 127 cm³/mol. The van der Waals surface area contributed by atoms with E-state index in [-0.39, 0.29) is 15.5 Å². The van der Waals surface area contributed by atoms with Crippen LogP contribution in [0.4, 0.5) is 0 Å². The molecule has 0 spiro atoms. The van der Waals surface area contributed by atoms with E-state index in [1.54, 1.807) is 0 Å². The third-order valence-corrected chi connectivity index (χ3v) is 47.9. The second-order valence-corrected chi connectivity index (χ2v) is 43.0. The molecule has 0 aliphatic carbocycles. The van der Waals surface area contributed by atoms with Crippen LogP contribution in [0.25, 0.3) is 0 Å². The summed E-state index contributed by atoms with van der Waals surface area (Å²) in [6.07, 6.45) is 1.52. The van der Waals surface area contributed by atoms with E-state index >= 15 is 0 Å². The molecule has 0 bridgehead atoms. The maximum absolute atomic E-state index is 3.93. The van der Waals surface area contributed by atoms with Crippen LogP contribution in [0.1, 0.15) is 13.8 Å². The average Bonchev–Trinajstić information content (AvgIpc) is 2.31. The van der Waals surface area contributed by atoms with Gasteiger partial charge in [0.25, 0.3) is 0 Å². The normalized spacial score (nSPS) is 41.1. The number of hydrogen-bond acceptors (Lipinski definition) is 0. The SMILES string of the molecule is CC(C)C1C[PH](C)(C)[PH](C)(C)P(C)CP(C)C#CP1(C)(C)C. The molecule has 0 aromatic carbocycles. The Morgan fingerprint density at radius 1 is 1.05 bits per heavy atom. The molecule has 1 aliphatic rings. The Bertz CT molecular complexity index is 473. The molecule has 0 radical (unpaired) electrons. The van der Waals surface area contributed by atoms with E-state index < -0.39 is 20.2 Å². The molecule has 1 aliphatic heterocycles. The molecule has 5 heteroatoms. The summed E-state index contributed by atoms with van der Waals surface area (Å²) in [6.45, 7) is 24.4. The fourth-order valence-corrected chi connectivity index (χ4v) is 42.2. The van der Waals surface area contributed by atoms with Crippen molar-refractivity contribution < 1.29 is 0 Å². The van der Waals surface area contributed by atoms with Gasteiger partial charge in [-0.05, 0) is 0 Å². The van der Waals surface area contributed by atoms with Gasteiger partial charge in [0.05, 0.1) is 0 Å². The van der Waals surface area contributed by atoms with E-state index in [0.29, 0.717) is 0 Å². The van der Waals surface area contributed by atoms with Crippen molar-refractivity contribution in [3.8, 4) is 11.3 Å². The first kappa shape index (κ1) is 21.8. The van der Waals surface area contributed by atoms with Crippen LogP contribution >= 0.6 is 35.7 Å². The van der Waals surface area contributed by atoms with Crippen LogP contribution in [0.15, 0.2) is 0 Å². The second kappa shape index (κ2) is 6.79. The van der Waals surface area contributed by atoms with E-state index in [0.717, 1.165) is 11.6 Å². The molecule has 0 aromatic rings. The van der Waals surface area contributed by atoms with Gasteiger partial charge in [-0.25, -0.2) is 0 Å². The summed E-state index contributed by atoms with van der Waals surface area (Å²) in [4.78, 5) is 0. The van der Waals surface area contributed by atoms with E-state index in [4.69, 9.17) is 0 Å². The Kier molecular flexibility index (Phi) is 6.71. The Morgan fingerprint density at radius 3 is 2.00 bits per heavy atom. The van der Waals surface area contributed by atoms with Crippen molar-refractivity contribution in [2.45, 2.75) is 19.5 Å². The molecule has 22 heavy (non-hydrogen) atoms. The van der Waals surface area contributed by atoms with Gasteiger partial charge in [-0.2, -0.15) is 0 Å². The maximum atomic E-state index is 3.93. The molecule has 3 unspecified atom stereocenters. The van der Waals surface area contributed by atoms with Crippen molar-refractivity contribution in [2.75, 3.05) is 72.0 Å². The summed E-state index contributed by atoms with van der Waals surface area (Å²) in [6, 6.07) is 0. The molecule has 3 atom stereocenters. The molecule has 0 amide bonds. The molecule has 0 N–H and O–H groups in total. The fraction of sp³-hybridized carbons (Fsp3) is 0.882. The van der Waals surface area contributed by atoms with Crippen LogP contribution in [-0.2, 0) is 0 Å². The minimum atomic E-state index is -1.90. The van der Waals surface area contributed by atoms with Gasteiger partial charge in [-0.3, -0.25) is 0 Å². The molecule has 1 rings (SSSR count). The van der Waals surface area contributed by atoms with Crippen LogP contribution in [0.3, 0.4) is 0 Å². The quantitative estimate of drug-likeness (QED) is 0.352. The molecule has 0 saturated carbocycles. The number of rotatable bonds is 1.